The van der Waals surface area contributed by atoms with Gasteiger partial charge in [0.15, 0.2) is 0 Å². The van der Waals surface area contributed by atoms with Crippen LogP contribution in [0.3, 0.4) is 0 Å². The minimum absolute atomic E-state index is 0.665. The Morgan fingerprint density at radius 3 is 2.10 bits per heavy atom. The lowest BCUT2D eigenvalue weighted by Crippen LogP contribution is -2.09. The van der Waals surface area contributed by atoms with Crippen molar-refractivity contribution >= 4 is 11.5 Å². The van der Waals surface area contributed by atoms with E-state index in [0.717, 1.165) is 35.6 Å². The number of benzene rings is 3. The average molecular weight is 392 g/mol. The molecule has 148 valence electrons. The fraction of sp³-hybridized carbons (Fsp3) is 0.148. The van der Waals surface area contributed by atoms with Gasteiger partial charge in [0.25, 0.3) is 0 Å². The molecule has 4 aromatic rings. The molecule has 3 aromatic carbocycles. The summed E-state index contributed by atoms with van der Waals surface area (Å²) in [5.74, 6) is 0.964. The summed E-state index contributed by atoms with van der Waals surface area (Å²) in [7, 11) is 0. The third-order valence-corrected chi connectivity index (χ3v) is 5.49. The molecule has 1 aromatic heterocycles. The van der Waals surface area contributed by atoms with Crippen LogP contribution in [0.1, 0.15) is 22.4 Å². The molecule has 1 N–H and O–H groups in total. The van der Waals surface area contributed by atoms with Crippen molar-refractivity contribution in [3.05, 3.63) is 107 Å². The van der Waals surface area contributed by atoms with Crippen LogP contribution in [0.2, 0.25) is 0 Å². The average Bonchev–Trinajstić information content (AvgIpc) is 3.13. The fourth-order valence-electron chi connectivity index (χ4n) is 3.86. The molecule has 0 spiro atoms. The summed E-state index contributed by atoms with van der Waals surface area (Å²) in [5.41, 5.74) is 7.53. The maximum absolute atomic E-state index is 9.88. The Bertz CT molecular complexity index is 1160. The van der Waals surface area contributed by atoms with E-state index in [2.05, 4.69) is 84.4 Å². The molecule has 0 saturated carbocycles. The number of para-hydroxylation sites is 1. The van der Waals surface area contributed by atoms with E-state index >= 15 is 0 Å². The lowest BCUT2D eigenvalue weighted by atomic mass is 10.1. The molecule has 1 heterocycles. The van der Waals surface area contributed by atoms with Gasteiger partial charge in [-0.25, -0.2) is 0 Å². The van der Waals surface area contributed by atoms with Crippen LogP contribution >= 0.6 is 0 Å². The zero-order valence-corrected chi connectivity index (χ0v) is 17.4. The maximum atomic E-state index is 9.88. The molecule has 0 unspecified atom stereocenters. The van der Waals surface area contributed by atoms with Crippen LogP contribution in [0.25, 0.3) is 11.1 Å². The van der Waals surface area contributed by atoms with Gasteiger partial charge in [0.1, 0.15) is 17.6 Å². The highest BCUT2D eigenvalue weighted by Gasteiger charge is 2.18. The summed E-state index contributed by atoms with van der Waals surface area (Å²) in [5, 5.41) is 13.6. The molecule has 0 fully saturated rings. The van der Waals surface area contributed by atoms with Crippen molar-refractivity contribution in [3.63, 3.8) is 0 Å². The molecule has 30 heavy (non-hydrogen) atoms. The van der Waals surface area contributed by atoms with Crippen molar-refractivity contribution in [2.75, 3.05) is 5.32 Å². The zero-order chi connectivity index (χ0) is 20.9. The van der Waals surface area contributed by atoms with Gasteiger partial charge in [-0.3, -0.25) is 0 Å². The van der Waals surface area contributed by atoms with Gasteiger partial charge in [-0.15, -0.1) is 0 Å². The van der Waals surface area contributed by atoms with Crippen molar-refractivity contribution in [2.24, 2.45) is 0 Å². The molecule has 0 saturated heterocycles. The number of nitriles is 1. The minimum atomic E-state index is 0.665. The standard InChI is InChI=1S/C27H25N3/c1-20-10-9-11-21(2)26(20)29-27-25(23-14-7-4-8-15-23)18-24(19-28)30(27)17-16-22-12-5-3-6-13-22/h3-15,18,29H,16-17H2,1-2H3. The van der Waals surface area contributed by atoms with Crippen molar-refractivity contribution in [3.8, 4) is 17.2 Å². The molecule has 0 radical (unpaired) electrons. The first-order valence-corrected chi connectivity index (χ1v) is 10.2. The Balaban J connectivity index is 1.81. The van der Waals surface area contributed by atoms with E-state index in [9.17, 15) is 5.26 Å². The van der Waals surface area contributed by atoms with Crippen LogP contribution in [-0.4, -0.2) is 4.57 Å². The van der Waals surface area contributed by atoms with Gasteiger partial charge >= 0.3 is 0 Å². The largest absolute Gasteiger partial charge is 0.341 e. The van der Waals surface area contributed by atoms with E-state index in [1.165, 1.54) is 16.7 Å². The van der Waals surface area contributed by atoms with Crippen molar-refractivity contribution in [1.29, 1.82) is 5.26 Å². The van der Waals surface area contributed by atoms with Crippen LogP contribution in [0.4, 0.5) is 11.5 Å². The van der Waals surface area contributed by atoms with Gasteiger partial charge in [-0.1, -0.05) is 78.9 Å². The van der Waals surface area contributed by atoms with Crippen molar-refractivity contribution in [1.82, 2.24) is 4.57 Å². The van der Waals surface area contributed by atoms with Crippen LogP contribution < -0.4 is 5.32 Å². The number of hydrogen-bond donors (Lipinski definition) is 1. The van der Waals surface area contributed by atoms with Gasteiger partial charge in [0.05, 0.1) is 0 Å². The minimum Gasteiger partial charge on any atom is -0.341 e. The number of nitrogens with zero attached hydrogens (tertiary/aromatic N) is 2. The van der Waals surface area contributed by atoms with E-state index < -0.39 is 0 Å². The van der Waals surface area contributed by atoms with Gasteiger partial charge < -0.3 is 9.88 Å². The highest BCUT2D eigenvalue weighted by Crippen LogP contribution is 2.35. The summed E-state index contributed by atoms with van der Waals surface area (Å²) >= 11 is 0. The maximum Gasteiger partial charge on any atom is 0.122 e. The summed E-state index contributed by atoms with van der Waals surface area (Å²) in [4.78, 5) is 0. The van der Waals surface area contributed by atoms with Gasteiger partial charge in [-0.05, 0) is 48.6 Å². The normalized spacial score (nSPS) is 10.6. The van der Waals surface area contributed by atoms with Gasteiger partial charge in [0.2, 0.25) is 0 Å². The smallest absolute Gasteiger partial charge is 0.122 e. The topological polar surface area (TPSA) is 40.8 Å². The van der Waals surface area contributed by atoms with E-state index in [1.807, 2.05) is 30.3 Å². The molecule has 0 amide bonds. The van der Waals surface area contributed by atoms with E-state index in [-0.39, 0.29) is 0 Å². The Hall–Kier alpha value is -3.77. The van der Waals surface area contributed by atoms with E-state index in [0.29, 0.717) is 5.69 Å². The molecule has 0 aliphatic carbocycles. The van der Waals surface area contributed by atoms with Crippen molar-refractivity contribution in [2.45, 2.75) is 26.8 Å². The quantitative estimate of drug-likeness (QED) is 0.401. The third-order valence-electron chi connectivity index (χ3n) is 5.49. The predicted octanol–water partition coefficient (Wildman–Crippen LogP) is 6.63. The highest BCUT2D eigenvalue weighted by molar-refractivity contribution is 5.82. The second kappa shape index (κ2) is 8.71. The van der Waals surface area contributed by atoms with Crippen LogP contribution in [0.5, 0.6) is 0 Å². The predicted molar refractivity (Wildman–Crippen MR) is 124 cm³/mol. The lowest BCUT2D eigenvalue weighted by Gasteiger charge is -2.18. The number of anilines is 2. The molecular formula is C27H25N3. The summed E-state index contributed by atoms with van der Waals surface area (Å²) in [6, 6.07) is 31.4. The monoisotopic (exact) mass is 391 g/mol. The van der Waals surface area contributed by atoms with Crippen LogP contribution in [0, 0.1) is 25.2 Å². The number of aryl methyl sites for hydroxylation is 3. The van der Waals surface area contributed by atoms with Gasteiger partial charge in [-0.2, -0.15) is 5.26 Å². The second-order valence-electron chi connectivity index (χ2n) is 7.55. The van der Waals surface area contributed by atoms with Crippen LogP contribution in [0.15, 0.2) is 84.9 Å². The molecule has 3 nitrogen and oxygen atoms in total. The molecule has 0 bridgehead atoms. The zero-order valence-electron chi connectivity index (χ0n) is 17.4. The lowest BCUT2D eigenvalue weighted by molar-refractivity contribution is 0.700. The third kappa shape index (κ3) is 3.99. The molecular weight excluding hydrogens is 366 g/mol. The summed E-state index contributed by atoms with van der Waals surface area (Å²) in [6.45, 7) is 4.95. The first-order chi connectivity index (χ1) is 14.7. The molecule has 0 atom stereocenters. The highest BCUT2D eigenvalue weighted by atomic mass is 15.1. The molecule has 0 aliphatic rings. The Morgan fingerprint density at radius 1 is 0.833 bits per heavy atom. The summed E-state index contributed by atoms with van der Waals surface area (Å²) in [6.07, 6.45) is 0.861. The SMILES string of the molecule is Cc1cccc(C)c1Nc1c(-c2ccccc2)cc(C#N)n1CCc1ccccc1. The number of nitrogens with one attached hydrogen (secondary N) is 1. The van der Waals surface area contributed by atoms with Gasteiger partial charge in [0, 0.05) is 17.8 Å². The van der Waals surface area contributed by atoms with Crippen molar-refractivity contribution < 1.29 is 0 Å². The molecule has 0 aliphatic heterocycles. The van der Waals surface area contributed by atoms with Crippen LogP contribution in [-0.2, 0) is 13.0 Å². The molecule has 3 heteroatoms. The first kappa shape index (κ1) is 19.5. The number of rotatable bonds is 6. The summed E-state index contributed by atoms with van der Waals surface area (Å²) < 4.78 is 2.11. The Labute approximate surface area is 178 Å². The Kier molecular flexibility index (Phi) is 5.68. The fourth-order valence-corrected chi connectivity index (χ4v) is 3.86. The molecule has 4 rings (SSSR count). The first-order valence-electron chi connectivity index (χ1n) is 10.2. The van der Waals surface area contributed by atoms with E-state index in [4.69, 9.17) is 0 Å². The number of aromatic nitrogens is 1. The second-order valence-corrected chi connectivity index (χ2v) is 7.55. The number of hydrogen-bond acceptors (Lipinski definition) is 2. The Morgan fingerprint density at radius 2 is 1.47 bits per heavy atom. The van der Waals surface area contributed by atoms with E-state index in [1.54, 1.807) is 0 Å².